The number of ketones is 1. The van der Waals surface area contributed by atoms with Crippen molar-refractivity contribution in [3.8, 4) is 5.82 Å². The number of thioether (sulfide) groups is 1. The SMILES string of the molecule is Cc1cc(-n2c(C)cc(C(=O)COC(=O)CC3Sc4ccc(Cl)cc4NC3=O)c2C)no1. The number of rotatable bonds is 6. The zero-order valence-corrected chi connectivity index (χ0v) is 19.2. The molecule has 0 radical (unpaired) electrons. The number of aromatic nitrogens is 2. The van der Waals surface area contributed by atoms with Crippen LogP contribution in [0, 0.1) is 20.8 Å². The van der Waals surface area contributed by atoms with Crippen molar-refractivity contribution >= 4 is 46.7 Å². The van der Waals surface area contributed by atoms with E-state index in [-0.39, 0.29) is 18.1 Å². The minimum Gasteiger partial charge on any atom is -0.457 e. The molecule has 1 amide bonds. The molecule has 0 saturated carbocycles. The van der Waals surface area contributed by atoms with Gasteiger partial charge in [-0.05, 0) is 45.0 Å². The summed E-state index contributed by atoms with van der Waals surface area (Å²) in [5.41, 5.74) is 2.53. The van der Waals surface area contributed by atoms with Gasteiger partial charge in [-0.15, -0.1) is 11.8 Å². The molecule has 1 N–H and O–H groups in total. The lowest BCUT2D eigenvalue weighted by Crippen LogP contribution is -2.31. The van der Waals surface area contributed by atoms with Crippen LogP contribution in [-0.4, -0.2) is 39.2 Å². The molecule has 0 bridgehead atoms. The van der Waals surface area contributed by atoms with Crippen molar-refractivity contribution in [3.63, 3.8) is 0 Å². The van der Waals surface area contributed by atoms with Gasteiger partial charge in [0.25, 0.3) is 0 Å². The second-order valence-electron chi connectivity index (χ2n) is 7.44. The predicted molar refractivity (Wildman–Crippen MR) is 120 cm³/mol. The monoisotopic (exact) mass is 473 g/mol. The Balaban J connectivity index is 1.38. The number of aryl methyl sites for hydroxylation is 2. The molecular formula is C22H20ClN3O5S. The third-order valence-corrected chi connectivity index (χ3v) is 6.56. The van der Waals surface area contributed by atoms with Crippen LogP contribution in [0.1, 0.15) is 33.9 Å². The summed E-state index contributed by atoms with van der Waals surface area (Å²) in [6.45, 7) is 5.02. The van der Waals surface area contributed by atoms with Crippen LogP contribution in [0.3, 0.4) is 0 Å². The van der Waals surface area contributed by atoms with E-state index in [1.54, 1.807) is 48.7 Å². The molecule has 3 heterocycles. The van der Waals surface area contributed by atoms with Crippen molar-refractivity contribution < 1.29 is 23.6 Å². The van der Waals surface area contributed by atoms with Crippen molar-refractivity contribution in [2.24, 2.45) is 0 Å². The summed E-state index contributed by atoms with van der Waals surface area (Å²) in [7, 11) is 0. The summed E-state index contributed by atoms with van der Waals surface area (Å²) < 4.78 is 12.1. The highest BCUT2D eigenvalue weighted by Crippen LogP contribution is 2.38. The average Bonchev–Trinajstić information content (AvgIpc) is 3.29. The van der Waals surface area contributed by atoms with Gasteiger partial charge < -0.3 is 14.6 Å². The van der Waals surface area contributed by atoms with Crippen molar-refractivity contribution in [3.05, 3.63) is 58.1 Å². The van der Waals surface area contributed by atoms with E-state index in [0.29, 0.717) is 33.5 Å². The maximum Gasteiger partial charge on any atom is 0.307 e. The topological polar surface area (TPSA) is 103 Å². The number of hydrogen-bond acceptors (Lipinski definition) is 7. The first-order valence-electron chi connectivity index (χ1n) is 9.81. The Hall–Kier alpha value is -3.04. The maximum absolute atomic E-state index is 12.7. The van der Waals surface area contributed by atoms with Gasteiger partial charge in [0.15, 0.2) is 12.4 Å². The molecule has 4 rings (SSSR count). The van der Waals surface area contributed by atoms with Crippen LogP contribution in [0.4, 0.5) is 5.69 Å². The van der Waals surface area contributed by atoms with E-state index in [4.69, 9.17) is 20.9 Å². The fraction of sp³-hybridized carbons (Fsp3) is 0.273. The molecule has 32 heavy (non-hydrogen) atoms. The zero-order chi connectivity index (χ0) is 23.0. The molecule has 1 unspecified atom stereocenters. The van der Waals surface area contributed by atoms with Crippen molar-refractivity contribution in [1.29, 1.82) is 0 Å². The quantitative estimate of drug-likeness (QED) is 0.421. The molecule has 1 atom stereocenters. The molecule has 8 nitrogen and oxygen atoms in total. The summed E-state index contributed by atoms with van der Waals surface area (Å²) in [6, 6.07) is 8.66. The standard InChI is InChI=1S/C22H20ClN3O5S/c1-11-6-15(13(3)26(11)20-7-12(2)31-25-20)17(27)10-30-21(28)9-19-22(29)24-16-8-14(23)4-5-18(16)32-19/h4-8,19H,9-10H2,1-3H3,(H,24,29). The van der Waals surface area contributed by atoms with Gasteiger partial charge in [0, 0.05) is 32.9 Å². The lowest BCUT2D eigenvalue weighted by molar-refractivity contribution is -0.143. The number of carbonyl (C=O) groups excluding carboxylic acids is 3. The van der Waals surface area contributed by atoms with E-state index in [0.717, 1.165) is 10.6 Å². The van der Waals surface area contributed by atoms with Crippen molar-refractivity contribution in [1.82, 2.24) is 9.72 Å². The molecule has 166 valence electrons. The third kappa shape index (κ3) is 4.44. The van der Waals surface area contributed by atoms with Gasteiger partial charge in [0.2, 0.25) is 11.7 Å². The van der Waals surface area contributed by atoms with Gasteiger partial charge in [-0.1, -0.05) is 16.8 Å². The molecule has 3 aromatic rings. The number of esters is 1. The largest absolute Gasteiger partial charge is 0.457 e. The number of benzene rings is 1. The average molecular weight is 474 g/mol. The molecular weight excluding hydrogens is 454 g/mol. The molecule has 1 aromatic carbocycles. The number of ether oxygens (including phenoxy) is 1. The van der Waals surface area contributed by atoms with Crippen LogP contribution in [0.5, 0.6) is 0 Å². The van der Waals surface area contributed by atoms with Gasteiger partial charge >= 0.3 is 5.97 Å². The van der Waals surface area contributed by atoms with Crippen LogP contribution < -0.4 is 5.32 Å². The first kappa shape index (κ1) is 22.2. The smallest absolute Gasteiger partial charge is 0.307 e. The Labute approximate surface area is 193 Å². The lowest BCUT2D eigenvalue weighted by Gasteiger charge is -2.23. The van der Waals surface area contributed by atoms with E-state index in [1.807, 2.05) is 6.92 Å². The summed E-state index contributed by atoms with van der Waals surface area (Å²) in [5.74, 6) is -0.0254. The number of nitrogens with one attached hydrogen (secondary N) is 1. The Morgan fingerprint density at radius 3 is 2.75 bits per heavy atom. The Bertz CT molecular complexity index is 1230. The summed E-state index contributed by atoms with van der Waals surface area (Å²) in [6.07, 6.45) is -0.150. The van der Waals surface area contributed by atoms with Gasteiger partial charge in [0.1, 0.15) is 5.76 Å². The fourth-order valence-electron chi connectivity index (χ4n) is 3.55. The Morgan fingerprint density at radius 1 is 1.25 bits per heavy atom. The Kier molecular flexibility index (Phi) is 6.12. The number of fused-ring (bicyclic) bond motifs is 1. The number of Topliss-reactive ketones (excluding diaryl/α,β-unsaturated/α-hetero) is 1. The van der Waals surface area contributed by atoms with E-state index in [9.17, 15) is 14.4 Å². The van der Waals surface area contributed by atoms with Crippen molar-refractivity contribution in [2.75, 3.05) is 11.9 Å². The molecule has 0 aliphatic carbocycles. The molecule has 10 heteroatoms. The number of nitrogens with zero attached hydrogens (tertiary/aromatic N) is 2. The van der Waals surface area contributed by atoms with Crippen LogP contribution in [0.15, 0.2) is 39.8 Å². The Morgan fingerprint density at radius 2 is 2.03 bits per heavy atom. The first-order valence-corrected chi connectivity index (χ1v) is 11.1. The van der Waals surface area contributed by atoms with Gasteiger partial charge in [-0.3, -0.25) is 19.0 Å². The summed E-state index contributed by atoms with van der Waals surface area (Å²) in [5, 5.41) is 6.60. The molecule has 1 aliphatic rings. The van der Waals surface area contributed by atoms with Crippen LogP contribution in [-0.2, 0) is 14.3 Å². The molecule has 0 spiro atoms. The number of hydrogen-bond donors (Lipinski definition) is 1. The second-order valence-corrected chi connectivity index (χ2v) is 9.12. The number of anilines is 1. The van der Waals surface area contributed by atoms with E-state index in [1.165, 1.54) is 11.8 Å². The highest BCUT2D eigenvalue weighted by Gasteiger charge is 2.30. The van der Waals surface area contributed by atoms with E-state index in [2.05, 4.69) is 10.5 Å². The minimum atomic E-state index is -0.647. The molecule has 0 fully saturated rings. The van der Waals surface area contributed by atoms with Gasteiger partial charge in [-0.2, -0.15) is 0 Å². The van der Waals surface area contributed by atoms with Gasteiger partial charge in [-0.25, -0.2) is 0 Å². The molecule has 1 aliphatic heterocycles. The van der Waals surface area contributed by atoms with E-state index < -0.39 is 17.8 Å². The van der Waals surface area contributed by atoms with E-state index >= 15 is 0 Å². The number of amides is 1. The lowest BCUT2D eigenvalue weighted by atomic mass is 10.1. The molecule has 2 aromatic heterocycles. The highest BCUT2D eigenvalue weighted by atomic mass is 35.5. The normalized spacial score (nSPS) is 15.2. The summed E-state index contributed by atoms with van der Waals surface area (Å²) >= 11 is 7.21. The minimum absolute atomic E-state index is 0.150. The highest BCUT2D eigenvalue weighted by molar-refractivity contribution is 8.01. The predicted octanol–water partition coefficient (Wildman–Crippen LogP) is 4.27. The van der Waals surface area contributed by atoms with Crippen LogP contribution in [0.2, 0.25) is 5.02 Å². The van der Waals surface area contributed by atoms with Crippen LogP contribution >= 0.6 is 23.4 Å². The maximum atomic E-state index is 12.7. The third-order valence-electron chi connectivity index (χ3n) is 5.05. The summed E-state index contributed by atoms with van der Waals surface area (Å²) in [4.78, 5) is 38.2. The number of carbonyl (C=O) groups is 3. The van der Waals surface area contributed by atoms with Crippen molar-refractivity contribution in [2.45, 2.75) is 37.3 Å². The zero-order valence-electron chi connectivity index (χ0n) is 17.6. The second kappa shape index (κ2) is 8.84. The first-order chi connectivity index (χ1) is 15.2. The fourth-order valence-corrected chi connectivity index (χ4v) is 4.79. The number of halogens is 1. The van der Waals surface area contributed by atoms with Crippen LogP contribution in [0.25, 0.3) is 5.82 Å². The molecule has 0 saturated heterocycles. The van der Waals surface area contributed by atoms with Gasteiger partial charge in [0.05, 0.1) is 17.4 Å².